The smallest absolute Gasteiger partial charge is 0.244 e. The van der Waals surface area contributed by atoms with Crippen molar-refractivity contribution in [2.75, 3.05) is 21.3 Å². The molecule has 0 radical (unpaired) electrons. The maximum absolute atomic E-state index is 10.3. The number of hydrogen-bond donors (Lipinski definition) is 3. The predicted molar refractivity (Wildman–Crippen MR) is 111 cm³/mol. The van der Waals surface area contributed by atoms with E-state index >= 15 is 0 Å². The van der Waals surface area contributed by atoms with Crippen molar-refractivity contribution >= 4 is 0 Å². The Morgan fingerprint density at radius 1 is 1.10 bits per heavy atom. The number of benzene rings is 2. The van der Waals surface area contributed by atoms with Gasteiger partial charge < -0.3 is 29.8 Å². The molecule has 1 aliphatic rings. The van der Waals surface area contributed by atoms with Gasteiger partial charge in [-0.15, -0.1) is 5.10 Å². The molecule has 0 bridgehead atoms. The van der Waals surface area contributed by atoms with E-state index in [9.17, 15) is 10.4 Å². The van der Waals surface area contributed by atoms with Crippen LogP contribution < -0.4 is 24.7 Å². The monoisotopic (exact) mass is 420 g/mol. The molecule has 2 heterocycles. The van der Waals surface area contributed by atoms with Crippen molar-refractivity contribution in [3.8, 4) is 46.2 Å². The molecule has 2 aromatic carbocycles. The lowest BCUT2D eigenvalue weighted by Crippen LogP contribution is -2.21. The molecule has 4 N–H and O–H groups in total. The molecule has 0 saturated carbocycles. The lowest BCUT2D eigenvalue weighted by molar-refractivity contribution is 0.338. The van der Waals surface area contributed by atoms with E-state index < -0.39 is 5.92 Å². The number of ether oxygens (including phenoxy) is 4. The zero-order chi connectivity index (χ0) is 22.1. The maximum Gasteiger partial charge on any atom is 0.244 e. The molecule has 1 aromatic heterocycles. The molecule has 158 valence electrons. The number of aromatic nitrogens is 2. The molecular formula is C22H20N4O5. The van der Waals surface area contributed by atoms with Gasteiger partial charge in [-0.25, -0.2) is 0 Å². The largest absolute Gasteiger partial charge is 0.502 e. The maximum atomic E-state index is 10.3. The second kappa shape index (κ2) is 7.84. The zero-order valence-electron chi connectivity index (χ0n) is 17.1. The number of nitrogens with zero attached hydrogens (tertiary/aromatic N) is 2. The Labute approximate surface area is 178 Å². The molecule has 0 spiro atoms. The summed E-state index contributed by atoms with van der Waals surface area (Å²) in [5.41, 5.74) is 8.98. The SMILES string of the molecule is COc1ccc(-c2[nH]nc3c2C(c2cc(OC)c(O)c(OC)c2)C(C#N)=C(N)O3)cc1. The second-order valence-corrected chi connectivity index (χ2v) is 6.74. The molecular weight excluding hydrogens is 400 g/mol. The average Bonchev–Trinajstić information content (AvgIpc) is 3.21. The van der Waals surface area contributed by atoms with Gasteiger partial charge in [-0.3, -0.25) is 5.10 Å². The van der Waals surface area contributed by atoms with Crippen LogP contribution in [0.25, 0.3) is 11.3 Å². The van der Waals surface area contributed by atoms with Crippen LogP contribution in [0, 0.1) is 11.3 Å². The van der Waals surface area contributed by atoms with E-state index in [1.165, 1.54) is 14.2 Å². The summed E-state index contributed by atoms with van der Waals surface area (Å²) in [6.07, 6.45) is 0. The van der Waals surface area contributed by atoms with Gasteiger partial charge in [0.15, 0.2) is 11.5 Å². The highest BCUT2D eigenvalue weighted by atomic mass is 16.5. The highest BCUT2D eigenvalue weighted by molar-refractivity contribution is 5.72. The number of nitrogens with two attached hydrogens (primary N) is 1. The molecule has 1 unspecified atom stereocenters. The van der Waals surface area contributed by atoms with Gasteiger partial charge in [-0.1, -0.05) is 0 Å². The Kier molecular flexibility index (Phi) is 5.05. The number of fused-ring (bicyclic) bond motifs is 1. The Morgan fingerprint density at radius 3 is 2.29 bits per heavy atom. The van der Waals surface area contributed by atoms with Crippen molar-refractivity contribution in [3.63, 3.8) is 0 Å². The molecule has 31 heavy (non-hydrogen) atoms. The first kappa shape index (κ1) is 20.0. The fraction of sp³-hybridized carbons (Fsp3) is 0.182. The van der Waals surface area contributed by atoms with Crippen LogP contribution in [-0.2, 0) is 0 Å². The number of H-pyrrole nitrogens is 1. The normalized spacial score (nSPS) is 15.0. The molecule has 4 rings (SSSR count). The van der Waals surface area contributed by atoms with Crippen LogP contribution in [0.2, 0.25) is 0 Å². The molecule has 0 fully saturated rings. The fourth-order valence-corrected chi connectivity index (χ4v) is 3.64. The molecule has 0 saturated heterocycles. The number of phenols is 1. The number of allylic oxidation sites excluding steroid dienone is 1. The van der Waals surface area contributed by atoms with Gasteiger partial charge in [0, 0.05) is 5.56 Å². The molecule has 0 amide bonds. The van der Waals surface area contributed by atoms with E-state index in [1.54, 1.807) is 19.2 Å². The summed E-state index contributed by atoms with van der Waals surface area (Å²) in [6, 6.07) is 12.8. The van der Waals surface area contributed by atoms with E-state index in [4.69, 9.17) is 24.7 Å². The number of phenolic OH excluding ortho intramolecular Hbond substituents is 1. The Morgan fingerprint density at radius 2 is 1.74 bits per heavy atom. The van der Waals surface area contributed by atoms with Crippen LogP contribution in [0.4, 0.5) is 0 Å². The standard InChI is InChI=1S/C22H20N4O5/c1-28-13-6-4-11(5-7-13)19-18-17(14(10-23)21(24)31-22(18)26-25-19)12-8-15(29-2)20(27)16(9-12)30-3/h4-9,17,27H,24H2,1-3H3,(H,25,26). The molecule has 3 aromatic rings. The first-order valence-corrected chi connectivity index (χ1v) is 9.27. The lowest BCUT2D eigenvalue weighted by Gasteiger charge is -2.25. The number of hydrogen-bond acceptors (Lipinski definition) is 8. The molecule has 0 aliphatic carbocycles. The number of nitrogens with one attached hydrogen (secondary N) is 1. The number of aromatic amines is 1. The first-order chi connectivity index (χ1) is 15.0. The van der Waals surface area contributed by atoms with E-state index in [2.05, 4.69) is 16.3 Å². The second-order valence-electron chi connectivity index (χ2n) is 6.74. The van der Waals surface area contributed by atoms with E-state index in [1.807, 2.05) is 24.3 Å². The molecule has 9 nitrogen and oxygen atoms in total. The van der Waals surface area contributed by atoms with E-state index in [0.717, 1.165) is 5.56 Å². The molecule has 1 atom stereocenters. The Bertz CT molecular complexity index is 1180. The summed E-state index contributed by atoms with van der Waals surface area (Å²) < 4.78 is 21.4. The van der Waals surface area contributed by atoms with E-state index in [0.29, 0.717) is 22.6 Å². The topological polar surface area (TPSA) is 136 Å². The number of rotatable bonds is 5. The van der Waals surface area contributed by atoms with E-state index in [-0.39, 0.29) is 34.6 Å². The third-order valence-corrected chi connectivity index (χ3v) is 5.15. The van der Waals surface area contributed by atoms with Crippen molar-refractivity contribution in [2.45, 2.75) is 5.92 Å². The van der Waals surface area contributed by atoms with Gasteiger partial charge in [0.05, 0.1) is 38.5 Å². The van der Waals surface area contributed by atoms with Crippen molar-refractivity contribution in [2.24, 2.45) is 5.73 Å². The van der Waals surface area contributed by atoms with Gasteiger partial charge in [-0.05, 0) is 42.0 Å². The summed E-state index contributed by atoms with van der Waals surface area (Å²) in [4.78, 5) is 0. The van der Waals surface area contributed by atoms with Gasteiger partial charge in [0.25, 0.3) is 0 Å². The Balaban J connectivity index is 1.95. The summed E-state index contributed by atoms with van der Waals surface area (Å²) in [5.74, 6) is 0.560. The minimum atomic E-state index is -0.631. The van der Waals surface area contributed by atoms with Crippen LogP contribution >= 0.6 is 0 Å². The van der Waals surface area contributed by atoms with Crippen molar-refractivity contribution < 1.29 is 24.1 Å². The summed E-state index contributed by atoms with van der Waals surface area (Å²) >= 11 is 0. The number of aromatic hydroxyl groups is 1. The average molecular weight is 420 g/mol. The highest BCUT2D eigenvalue weighted by Crippen LogP contribution is 2.48. The minimum Gasteiger partial charge on any atom is -0.502 e. The summed E-state index contributed by atoms with van der Waals surface area (Å²) in [7, 11) is 4.46. The van der Waals surface area contributed by atoms with Crippen LogP contribution in [0.1, 0.15) is 17.0 Å². The first-order valence-electron chi connectivity index (χ1n) is 9.27. The van der Waals surface area contributed by atoms with Gasteiger partial charge in [0.1, 0.15) is 17.4 Å². The van der Waals surface area contributed by atoms with Crippen LogP contribution in [0.15, 0.2) is 47.9 Å². The van der Waals surface area contributed by atoms with Crippen LogP contribution in [0.5, 0.6) is 28.9 Å². The number of nitriles is 1. The van der Waals surface area contributed by atoms with Crippen LogP contribution in [-0.4, -0.2) is 36.6 Å². The third-order valence-electron chi connectivity index (χ3n) is 5.15. The quantitative estimate of drug-likeness (QED) is 0.573. The van der Waals surface area contributed by atoms with Gasteiger partial charge >= 0.3 is 0 Å². The molecule has 9 heteroatoms. The third kappa shape index (κ3) is 3.24. The van der Waals surface area contributed by atoms with Gasteiger partial charge in [-0.2, -0.15) is 5.26 Å². The minimum absolute atomic E-state index is 0.0428. The lowest BCUT2D eigenvalue weighted by atomic mass is 9.82. The van der Waals surface area contributed by atoms with Crippen LogP contribution in [0.3, 0.4) is 0 Å². The fourth-order valence-electron chi connectivity index (χ4n) is 3.64. The van der Waals surface area contributed by atoms with Crippen molar-refractivity contribution in [3.05, 3.63) is 59.0 Å². The molecule has 1 aliphatic heterocycles. The highest BCUT2D eigenvalue weighted by Gasteiger charge is 2.36. The van der Waals surface area contributed by atoms with Gasteiger partial charge in [0.2, 0.25) is 17.5 Å². The zero-order valence-corrected chi connectivity index (χ0v) is 17.1. The predicted octanol–water partition coefficient (Wildman–Crippen LogP) is 3.03. The van der Waals surface area contributed by atoms with Crippen molar-refractivity contribution in [1.82, 2.24) is 10.2 Å². The summed E-state index contributed by atoms with van der Waals surface area (Å²) in [6.45, 7) is 0. The van der Waals surface area contributed by atoms with Crippen molar-refractivity contribution in [1.29, 1.82) is 5.26 Å². The summed E-state index contributed by atoms with van der Waals surface area (Å²) in [5, 5.41) is 27.4. The Hall–Kier alpha value is -4.32. The number of methoxy groups -OCH3 is 3.